The molecule has 1 amide bonds. The van der Waals surface area contributed by atoms with Gasteiger partial charge in [0.25, 0.3) is 0 Å². The second-order valence-corrected chi connectivity index (χ2v) is 6.26. The van der Waals surface area contributed by atoms with E-state index in [0.717, 1.165) is 24.0 Å². The van der Waals surface area contributed by atoms with Gasteiger partial charge < -0.3 is 10.0 Å². The number of aliphatic hydroxyl groups excluding tert-OH is 1. The zero-order valence-electron chi connectivity index (χ0n) is 13.7. The molecule has 0 spiro atoms. The highest BCUT2D eigenvalue weighted by Gasteiger charge is 2.27. The minimum Gasteiger partial charge on any atom is -0.388 e. The fourth-order valence-corrected chi connectivity index (χ4v) is 3.20. The molecule has 1 aliphatic rings. The number of aliphatic hydroxyl groups is 1. The normalized spacial score (nSPS) is 17.1. The molecule has 24 heavy (non-hydrogen) atoms. The predicted molar refractivity (Wildman–Crippen MR) is 96.2 cm³/mol. The molecule has 3 nitrogen and oxygen atoms in total. The first-order chi connectivity index (χ1) is 11.7. The van der Waals surface area contributed by atoms with Gasteiger partial charge in [0.1, 0.15) is 0 Å². The van der Waals surface area contributed by atoms with E-state index in [4.69, 9.17) is 0 Å². The Labute approximate surface area is 143 Å². The van der Waals surface area contributed by atoms with Crippen molar-refractivity contribution in [3.63, 3.8) is 0 Å². The van der Waals surface area contributed by atoms with Gasteiger partial charge in [-0.15, -0.1) is 0 Å². The second-order valence-electron chi connectivity index (χ2n) is 6.26. The standard InChI is InChI=1S/C21H23NO2/c23-20(12-11-17-7-3-1-4-8-17)22-15-13-19(14-16-22)21(24)18-9-5-2-6-10-18/h1-12,19,21,24H,13-16H2. The molecule has 1 aliphatic heterocycles. The van der Waals surface area contributed by atoms with Crippen LogP contribution in [0.2, 0.25) is 0 Å². The molecule has 1 saturated heterocycles. The molecule has 1 atom stereocenters. The van der Waals surface area contributed by atoms with Crippen LogP contribution in [0.5, 0.6) is 0 Å². The van der Waals surface area contributed by atoms with Crippen LogP contribution in [0.15, 0.2) is 66.7 Å². The van der Waals surface area contributed by atoms with Crippen molar-refractivity contribution < 1.29 is 9.90 Å². The maximum absolute atomic E-state index is 12.3. The number of carbonyl (C=O) groups is 1. The lowest BCUT2D eigenvalue weighted by molar-refractivity contribution is -0.127. The Morgan fingerprint density at radius 2 is 1.58 bits per heavy atom. The van der Waals surface area contributed by atoms with E-state index in [1.54, 1.807) is 6.08 Å². The lowest BCUT2D eigenvalue weighted by Crippen LogP contribution is -2.38. The van der Waals surface area contributed by atoms with Gasteiger partial charge in [0.05, 0.1) is 6.10 Å². The van der Waals surface area contributed by atoms with E-state index in [-0.39, 0.29) is 11.8 Å². The highest BCUT2D eigenvalue weighted by atomic mass is 16.3. The van der Waals surface area contributed by atoms with Gasteiger partial charge in [0.2, 0.25) is 5.91 Å². The van der Waals surface area contributed by atoms with E-state index in [1.165, 1.54) is 0 Å². The monoisotopic (exact) mass is 321 g/mol. The molecule has 2 aromatic carbocycles. The summed E-state index contributed by atoms with van der Waals surface area (Å²) in [6.45, 7) is 1.40. The molecule has 3 rings (SSSR count). The third-order valence-corrected chi connectivity index (χ3v) is 4.66. The Balaban J connectivity index is 1.53. The van der Waals surface area contributed by atoms with E-state index in [9.17, 15) is 9.90 Å². The van der Waals surface area contributed by atoms with Gasteiger partial charge in [-0.25, -0.2) is 0 Å². The van der Waals surface area contributed by atoms with Gasteiger partial charge in [-0.3, -0.25) is 4.79 Å². The molecule has 124 valence electrons. The van der Waals surface area contributed by atoms with Gasteiger partial charge in [-0.1, -0.05) is 60.7 Å². The van der Waals surface area contributed by atoms with Crippen molar-refractivity contribution in [2.24, 2.45) is 5.92 Å². The third kappa shape index (κ3) is 4.12. The lowest BCUT2D eigenvalue weighted by atomic mass is 9.87. The van der Waals surface area contributed by atoms with E-state index >= 15 is 0 Å². The van der Waals surface area contributed by atoms with Crippen LogP contribution in [0.3, 0.4) is 0 Å². The van der Waals surface area contributed by atoms with Gasteiger partial charge in [0, 0.05) is 19.2 Å². The van der Waals surface area contributed by atoms with Gasteiger partial charge in [-0.2, -0.15) is 0 Å². The molecular formula is C21H23NO2. The third-order valence-electron chi connectivity index (χ3n) is 4.66. The summed E-state index contributed by atoms with van der Waals surface area (Å²) in [5, 5.41) is 10.5. The number of rotatable bonds is 4. The number of likely N-dealkylation sites (tertiary alicyclic amines) is 1. The number of nitrogens with zero attached hydrogens (tertiary/aromatic N) is 1. The predicted octanol–water partition coefficient (Wildman–Crippen LogP) is 3.67. The Morgan fingerprint density at radius 3 is 2.21 bits per heavy atom. The molecule has 1 heterocycles. The molecule has 1 N–H and O–H groups in total. The molecule has 2 aromatic rings. The summed E-state index contributed by atoms with van der Waals surface area (Å²) in [5.41, 5.74) is 1.99. The molecule has 3 heteroatoms. The highest BCUT2D eigenvalue weighted by Crippen LogP contribution is 2.30. The zero-order valence-corrected chi connectivity index (χ0v) is 13.7. The molecular weight excluding hydrogens is 298 g/mol. The minimum absolute atomic E-state index is 0.0477. The molecule has 0 radical (unpaired) electrons. The van der Waals surface area contributed by atoms with Crippen molar-refractivity contribution >= 4 is 12.0 Å². The van der Waals surface area contributed by atoms with Crippen molar-refractivity contribution in [1.29, 1.82) is 0 Å². The number of benzene rings is 2. The van der Waals surface area contributed by atoms with Crippen LogP contribution in [0.25, 0.3) is 6.08 Å². The summed E-state index contributed by atoms with van der Waals surface area (Å²) < 4.78 is 0. The number of carbonyl (C=O) groups excluding carboxylic acids is 1. The Bertz CT molecular complexity index is 673. The van der Waals surface area contributed by atoms with Crippen LogP contribution < -0.4 is 0 Å². The average Bonchev–Trinajstić information content (AvgIpc) is 2.67. The van der Waals surface area contributed by atoms with Crippen molar-refractivity contribution in [1.82, 2.24) is 4.90 Å². The topological polar surface area (TPSA) is 40.5 Å². The summed E-state index contributed by atoms with van der Waals surface area (Å²) in [6.07, 6.45) is 4.72. The fraction of sp³-hybridized carbons (Fsp3) is 0.286. The summed E-state index contributed by atoms with van der Waals surface area (Å²) in [4.78, 5) is 14.2. The number of amides is 1. The quantitative estimate of drug-likeness (QED) is 0.873. The summed E-state index contributed by atoms with van der Waals surface area (Å²) in [7, 11) is 0. The number of hydrogen-bond donors (Lipinski definition) is 1. The van der Waals surface area contributed by atoms with E-state index in [0.29, 0.717) is 13.1 Å². The van der Waals surface area contributed by atoms with E-state index in [2.05, 4.69) is 0 Å². The fourth-order valence-electron chi connectivity index (χ4n) is 3.20. The maximum atomic E-state index is 12.3. The van der Waals surface area contributed by atoms with Gasteiger partial charge >= 0.3 is 0 Å². The summed E-state index contributed by atoms with van der Waals surface area (Å²) in [5.74, 6) is 0.265. The van der Waals surface area contributed by atoms with Crippen LogP contribution >= 0.6 is 0 Å². The molecule has 0 bridgehead atoms. The summed E-state index contributed by atoms with van der Waals surface area (Å²) in [6, 6.07) is 19.6. The van der Waals surface area contributed by atoms with Gasteiger partial charge in [0.15, 0.2) is 0 Å². The largest absolute Gasteiger partial charge is 0.388 e. The minimum atomic E-state index is -0.441. The lowest BCUT2D eigenvalue weighted by Gasteiger charge is -2.33. The summed E-state index contributed by atoms with van der Waals surface area (Å²) >= 11 is 0. The number of hydrogen-bond acceptors (Lipinski definition) is 2. The van der Waals surface area contributed by atoms with Crippen LogP contribution in [-0.4, -0.2) is 29.0 Å². The van der Waals surface area contributed by atoms with Crippen LogP contribution in [0.1, 0.15) is 30.1 Å². The molecule has 1 unspecified atom stereocenters. The molecule has 1 fully saturated rings. The van der Waals surface area contributed by atoms with Crippen LogP contribution in [0, 0.1) is 5.92 Å². The smallest absolute Gasteiger partial charge is 0.246 e. The Kier molecular flexibility index (Phi) is 5.44. The first-order valence-electron chi connectivity index (χ1n) is 8.49. The SMILES string of the molecule is O=C(C=Cc1ccccc1)N1CCC(C(O)c2ccccc2)CC1. The first kappa shape index (κ1) is 16.5. The van der Waals surface area contributed by atoms with E-state index in [1.807, 2.05) is 71.6 Å². The second kappa shape index (κ2) is 7.93. The number of piperidine rings is 1. The van der Waals surface area contributed by atoms with Crippen LogP contribution in [-0.2, 0) is 4.79 Å². The van der Waals surface area contributed by atoms with Crippen molar-refractivity contribution in [2.45, 2.75) is 18.9 Å². The Morgan fingerprint density at radius 1 is 1.00 bits per heavy atom. The Hall–Kier alpha value is -2.39. The van der Waals surface area contributed by atoms with Crippen molar-refractivity contribution in [3.8, 4) is 0 Å². The van der Waals surface area contributed by atoms with Crippen LogP contribution in [0.4, 0.5) is 0 Å². The van der Waals surface area contributed by atoms with E-state index < -0.39 is 6.10 Å². The first-order valence-corrected chi connectivity index (χ1v) is 8.49. The van der Waals surface area contributed by atoms with Crippen molar-refractivity contribution in [2.75, 3.05) is 13.1 Å². The molecule has 0 saturated carbocycles. The zero-order chi connectivity index (χ0) is 16.8. The average molecular weight is 321 g/mol. The molecule has 0 aliphatic carbocycles. The highest BCUT2D eigenvalue weighted by molar-refractivity contribution is 5.91. The van der Waals surface area contributed by atoms with Crippen molar-refractivity contribution in [3.05, 3.63) is 77.9 Å². The molecule has 0 aromatic heterocycles. The maximum Gasteiger partial charge on any atom is 0.246 e. The van der Waals surface area contributed by atoms with Gasteiger partial charge in [-0.05, 0) is 36.0 Å².